The van der Waals surface area contributed by atoms with Crippen molar-refractivity contribution in [2.45, 2.75) is 45.1 Å². The van der Waals surface area contributed by atoms with Crippen LogP contribution in [-0.2, 0) is 6.42 Å². The van der Waals surface area contributed by atoms with Crippen LogP contribution >= 0.6 is 0 Å². The van der Waals surface area contributed by atoms with E-state index in [2.05, 4.69) is 17.2 Å². The second-order valence-electron chi connectivity index (χ2n) is 5.36. The Morgan fingerprint density at radius 3 is 3.15 bits per heavy atom. The molecular weight excluding hydrogens is 250 g/mol. The first-order valence-corrected chi connectivity index (χ1v) is 7.50. The molecule has 2 aromatic heterocycles. The Hall–Kier alpha value is -1.68. The number of hydrogen-bond acceptors (Lipinski definition) is 4. The van der Waals surface area contributed by atoms with Crippen molar-refractivity contribution in [1.29, 1.82) is 0 Å². The van der Waals surface area contributed by atoms with Crippen molar-refractivity contribution in [2.24, 2.45) is 0 Å². The number of furan rings is 1. The van der Waals surface area contributed by atoms with Gasteiger partial charge in [0.1, 0.15) is 6.26 Å². The van der Waals surface area contributed by atoms with Gasteiger partial charge in [0.25, 0.3) is 0 Å². The van der Waals surface area contributed by atoms with Gasteiger partial charge in [0.15, 0.2) is 5.82 Å². The summed E-state index contributed by atoms with van der Waals surface area (Å²) in [6, 6.07) is 2.32. The molecular formula is C16H21N3O. The standard InChI is InChI=1S/C16H21N3O/c1-2-8-17-14-5-3-4-6-15-13(14)10-18-16(19-15)12-7-9-20-11-12/h7,9-11,14,17H,2-6,8H2,1H3. The van der Waals surface area contributed by atoms with E-state index in [-0.39, 0.29) is 0 Å². The summed E-state index contributed by atoms with van der Waals surface area (Å²) in [5.74, 6) is 0.772. The predicted molar refractivity (Wildman–Crippen MR) is 78.3 cm³/mol. The predicted octanol–water partition coefficient (Wildman–Crippen LogP) is 3.50. The molecule has 1 atom stereocenters. The van der Waals surface area contributed by atoms with Crippen LogP contribution in [0, 0.1) is 0 Å². The lowest BCUT2D eigenvalue weighted by atomic mass is 10.0. The highest BCUT2D eigenvalue weighted by Crippen LogP contribution is 2.28. The Morgan fingerprint density at radius 2 is 2.35 bits per heavy atom. The monoisotopic (exact) mass is 271 g/mol. The molecule has 0 saturated carbocycles. The third kappa shape index (κ3) is 2.75. The van der Waals surface area contributed by atoms with Crippen molar-refractivity contribution in [2.75, 3.05) is 6.54 Å². The average Bonchev–Trinajstić information content (AvgIpc) is 2.94. The number of aryl methyl sites for hydroxylation is 1. The highest BCUT2D eigenvalue weighted by Gasteiger charge is 2.20. The summed E-state index contributed by atoms with van der Waals surface area (Å²) < 4.78 is 5.12. The molecule has 1 N–H and O–H groups in total. The van der Waals surface area contributed by atoms with Gasteiger partial charge in [-0.1, -0.05) is 13.3 Å². The minimum atomic E-state index is 0.408. The minimum Gasteiger partial charge on any atom is -0.472 e. The molecule has 0 spiro atoms. The first kappa shape index (κ1) is 13.3. The first-order valence-electron chi connectivity index (χ1n) is 7.50. The normalized spacial score (nSPS) is 18.6. The number of rotatable bonds is 4. The second kappa shape index (κ2) is 6.18. The molecule has 20 heavy (non-hydrogen) atoms. The Bertz CT molecular complexity index is 551. The molecule has 0 fully saturated rings. The van der Waals surface area contributed by atoms with Crippen molar-refractivity contribution < 1.29 is 4.42 Å². The SMILES string of the molecule is CCCNC1CCCCc2nc(-c3ccoc3)ncc21. The van der Waals surface area contributed by atoms with Gasteiger partial charge >= 0.3 is 0 Å². The fraction of sp³-hybridized carbons (Fsp3) is 0.500. The van der Waals surface area contributed by atoms with Crippen molar-refractivity contribution in [3.8, 4) is 11.4 Å². The van der Waals surface area contributed by atoms with Gasteiger partial charge in [-0.3, -0.25) is 0 Å². The van der Waals surface area contributed by atoms with Crippen LogP contribution in [0.5, 0.6) is 0 Å². The maximum absolute atomic E-state index is 5.12. The Morgan fingerprint density at radius 1 is 1.40 bits per heavy atom. The van der Waals surface area contributed by atoms with E-state index in [1.54, 1.807) is 12.5 Å². The van der Waals surface area contributed by atoms with Crippen LogP contribution in [0.3, 0.4) is 0 Å². The third-order valence-corrected chi connectivity index (χ3v) is 3.85. The summed E-state index contributed by atoms with van der Waals surface area (Å²) in [6.07, 6.45) is 11.2. The summed E-state index contributed by atoms with van der Waals surface area (Å²) in [5, 5.41) is 3.62. The molecule has 1 unspecified atom stereocenters. The summed E-state index contributed by atoms with van der Waals surface area (Å²) >= 11 is 0. The molecule has 1 aliphatic carbocycles. The number of fused-ring (bicyclic) bond motifs is 1. The largest absolute Gasteiger partial charge is 0.472 e. The highest BCUT2D eigenvalue weighted by atomic mass is 16.3. The van der Waals surface area contributed by atoms with Gasteiger partial charge in [0, 0.05) is 23.5 Å². The molecule has 3 rings (SSSR count). The summed E-state index contributed by atoms with van der Waals surface area (Å²) in [7, 11) is 0. The highest BCUT2D eigenvalue weighted by molar-refractivity contribution is 5.53. The van der Waals surface area contributed by atoms with Gasteiger partial charge in [-0.05, 0) is 38.3 Å². The zero-order valence-electron chi connectivity index (χ0n) is 11.9. The van der Waals surface area contributed by atoms with Gasteiger partial charge in [0.05, 0.1) is 11.8 Å². The molecule has 0 saturated heterocycles. The number of nitrogens with zero attached hydrogens (tertiary/aromatic N) is 2. The zero-order chi connectivity index (χ0) is 13.8. The van der Waals surface area contributed by atoms with Crippen LogP contribution in [0.2, 0.25) is 0 Å². The summed E-state index contributed by atoms with van der Waals surface area (Å²) in [4.78, 5) is 9.29. The van der Waals surface area contributed by atoms with Crippen LogP contribution in [-0.4, -0.2) is 16.5 Å². The van der Waals surface area contributed by atoms with Crippen molar-refractivity contribution in [1.82, 2.24) is 15.3 Å². The van der Waals surface area contributed by atoms with Crippen LogP contribution in [0.15, 0.2) is 29.2 Å². The minimum absolute atomic E-state index is 0.408. The Labute approximate surface area is 119 Å². The molecule has 4 nitrogen and oxygen atoms in total. The van der Waals surface area contributed by atoms with Crippen molar-refractivity contribution >= 4 is 0 Å². The van der Waals surface area contributed by atoms with Crippen molar-refractivity contribution in [3.63, 3.8) is 0 Å². The van der Waals surface area contributed by atoms with E-state index in [1.165, 1.54) is 30.5 Å². The van der Waals surface area contributed by atoms with Crippen molar-refractivity contribution in [3.05, 3.63) is 36.0 Å². The molecule has 2 aromatic rings. The van der Waals surface area contributed by atoms with E-state index in [0.717, 1.165) is 30.8 Å². The summed E-state index contributed by atoms with van der Waals surface area (Å²) in [6.45, 7) is 3.25. The lowest BCUT2D eigenvalue weighted by molar-refractivity contribution is 0.488. The maximum atomic E-state index is 5.12. The van der Waals surface area contributed by atoms with E-state index in [4.69, 9.17) is 9.40 Å². The van der Waals surface area contributed by atoms with Gasteiger partial charge in [-0.2, -0.15) is 0 Å². The number of aromatic nitrogens is 2. The average molecular weight is 271 g/mol. The van der Waals surface area contributed by atoms with Gasteiger partial charge in [-0.15, -0.1) is 0 Å². The fourth-order valence-electron chi connectivity index (χ4n) is 2.78. The van der Waals surface area contributed by atoms with Gasteiger partial charge in [0.2, 0.25) is 0 Å². The topological polar surface area (TPSA) is 51.0 Å². The smallest absolute Gasteiger partial charge is 0.162 e. The number of hydrogen-bond donors (Lipinski definition) is 1. The van der Waals surface area contributed by atoms with Crippen LogP contribution in [0.4, 0.5) is 0 Å². The molecule has 0 bridgehead atoms. The maximum Gasteiger partial charge on any atom is 0.162 e. The van der Waals surface area contributed by atoms with E-state index < -0.39 is 0 Å². The van der Waals surface area contributed by atoms with Crippen LogP contribution < -0.4 is 5.32 Å². The molecule has 4 heteroatoms. The quantitative estimate of drug-likeness (QED) is 0.865. The van der Waals surface area contributed by atoms with Crippen LogP contribution in [0.25, 0.3) is 11.4 Å². The molecule has 0 aliphatic heterocycles. The van der Waals surface area contributed by atoms with E-state index >= 15 is 0 Å². The lowest BCUT2D eigenvalue weighted by Crippen LogP contribution is -2.23. The van der Waals surface area contributed by atoms with Gasteiger partial charge < -0.3 is 9.73 Å². The molecule has 1 aliphatic rings. The van der Waals surface area contributed by atoms with E-state index in [9.17, 15) is 0 Å². The second-order valence-corrected chi connectivity index (χ2v) is 5.36. The molecule has 2 heterocycles. The molecule has 0 amide bonds. The molecule has 0 aromatic carbocycles. The molecule has 0 radical (unpaired) electrons. The van der Waals surface area contributed by atoms with Gasteiger partial charge in [-0.25, -0.2) is 9.97 Å². The van der Waals surface area contributed by atoms with E-state index in [1.807, 2.05) is 12.3 Å². The van der Waals surface area contributed by atoms with Crippen LogP contribution in [0.1, 0.15) is 49.9 Å². The Balaban J connectivity index is 1.91. The molecule has 106 valence electrons. The lowest BCUT2D eigenvalue weighted by Gasteiger charge is -2.18. The Kier molecular flexibility index (Phi) is 4.11. The fourth-order valence-corrected chi connectivity index (χ4v) is 2.78. The summed E-state index contributed by atoms with van der Waals surface area (Å²) in [5.41, 5.74) is 3.43. The zero-order valence-corrected chi connectivity index (χ0v) is 11.9. The number of nitrogens with one attached hydrogen (secondary N) is 1. The third-order valence-electron chi connectivity index (χ3n) is 3.85. The van der Waals surface area contributed by atoms with E-state index in [0.29, 0.717) is 6.04 Å². The first-order chi connectivity index (χ1) is 9.88.